The van der Waals surface area contributed by atoms with Crippen molar-refractivity contribution in [3.63, 3.8) is 0 Å². The van der Waals surface area contributed by atoms with Crippen LogP contribution in [0.15, 0.2) is 0 Å². The summed E-state index contributed by atoms with van der Waals surface area (Å²) in [4.78, 5) is 0. The van der Waals surface area contributed by atoms with Gasteiger partial charge in [0.1, 0.15) is 0 Å². The molecule has 12 heavy (non-hydrogen) atoms. The van der Waals surface area contributed by atoms with Crippen LogP contribution in [0.2, 0.25) is 0 Å². The van der Waals surface area contributed by atoms with Crippen molar-refractivity contribution in [3.8, 4) is 0 Å². The largest absolute Gasteiger partial charge is 0.396 e. The molecule has 0 bridgehead atoms. The van der Waals surface area contributed by atoms with Crippen LogP contribution in [0.5, 0.6) is 0 Å². The zero-order chi connectivity index (χ0) is 9.83. The number of aliphatic hydroxyl groups is 1. The summed E-state index contributed by atoms with van der Waals surface area (Å²) in [6.07, 6.45) is 4.49. The monoisotopic (exact) mass is 436 g/mol. The summed E-state index contributed by atoms with van der Waals surface area (Å²) in [5.74, 6) is 1.61. The number of halogens is 3. The van der Waals surface area contributed by atoms with Gasteiger partial charge in [0.05, 0.1) is 6.61 Å². The first kappa shape index (κ1) is 14.1. The predicted octanol–water partition coefficient (Wildman–Crippen LogP) is 3.05. The Kier molecular flexibility index (Phi) is 6.82. The van der Waals surface area contributed by atoms with Crippen molar-refractivity contribution in [2.75, 3.05) is 35.2 Å². The zero-order valence-electron chi connectivity index (χ0n) is 7.32. The Balaban J connectivity index is 4.30. The second-order valence-corrected chi connectivity index (χ2v) is 14.8. The molecule has 0 rings (SSSR count). The van der Waals surface area contributed by atoms with E-state index in [1.165, 1.54) is 0 Å². The van der Waals surface area contributed by atoms with Crippen molar-refractivity contribution >= 4 is 62.6 Å². The molecule has 1 atom stereocenters. The summed E-state index contributed by atoms with van der Waals surface area (Å²) in [5.41, 5.74) is -0.0534. The standard InChI is InChI=1S/C7H15ClI2OS/c1-12(2,10)6-7(3-8,4-9)5-11/h11H,3-6H2,1-2H3. The van der Waals surface area contributed by atoms with Crippen molar-refractivity contribution in [1.82, 2.24) is 0 Å². The summed E-state index contributed by atoms with van der Waals surface area (Å²) in [6, 6.07) is 0. The molecule has 0 aliphatic rings. The molecule has 0 radical (unpaired) electrons. The quantitative estimate of drug-likeness (QED) is 0.519. The summed E-state index contributed by atoms with van der Waals surface area (Å²) in [7, 11) is -0.597. The van der Waals surface area contributed by atoms with E-state index >= 15 is 0 Å². The average molecular weight is 437 g/mol. The van der Waals surface area contributed by atoms with E-state index in [1.54, 1.807) is 0 Å². The van der Waals surface area contributed by atoms with E-state index in [2.05, 4.69) is 56.3 Å². The van der Waals surface area contributed by atoms with E-state index in [0.29, 0.717) is 5.88 Å². The maximum absolute atomic E-state index is 9.26. The lowest BCUT2D eigenvalue weighted by atomic mass is 9.98. The molecule has 0 amide bonds. The van der Waals surface area contributed by atoms with E-state index in [1.807, 2.05) is 0 Å². The maximum Gasteiger partial charge on any atom is 0.0513 e. The molecule has 0 aromatic carbocycles. The second-order valence-electron chi connectivity index (χ2n) is 3.47. The van der Waals surface area contributed by atoms with E-state index in [-0.39, 0.29) is 12.0 Å². The number of rotatable bonds is 5. The van der Waals surface area contributed by atoms with Gasteiger partial charge >= 0.3 is 0 Å². The lowest BCUT2D eigenvalue weighted by Gasteiger charge is -2.36. The molecule has 0 aliphatic heterocycles. The van der Waals surface area contributed by atoms with Crippen LogP contribution in [0.25, 0.3) is 0 Å². The minimum Gasteiger partial charge on any atom is -0.396 e. The zero-order valence-corrected chi connectivity index (χ0v) is 13.2. The summed E-state index contributed by atoms with van der Waals surface area (Å²) in [5, 5.41) is 9.26. The van der Waals surface area contributed by atoms with Crippen molar-refractivity contribution in [2.45, 2.75) is 0 Å². The van der Waals surface area contributed by atoms with Gasteiger partial charge in [0, 0.05) is 15.7 Å². The fourth-order valence-electron chi connectivity index (χ4n) is 0.971. The van der Waals surface area contributed by atoms with E-state index in [4.69, 9.17) is 11.6 Å². The van der Waals surface area contributed by atoms with Gasteiger partial charge in [-0.2, -0.15) is 7.20 Å². The normalized spacial score (nSPS) is 18.8. The summed E-state index contributed by atoms with van der Waals surface area (Å²) in [6.45, 7) is 0.207. The Hall–Kier alpha value is 2.06. The molecule has 1 N–H and O–H groups in total. The van der Waals surface area contributed by atoms with Crippen molar-refractivity contribution in [3.05, 3.63) is 0 Å². The molecule has 0 fully saturated rings. The highest BCUT2D eigenvalue weighted by molar-refractivity contribution is 14.2. The molecule has 1 unspecified atom stereocenters. The minimum absolute atomic E-state index is 0.0534. The van der Waals surface area contributed by atoms with Crippen molar-refractivity contribution in [1.29, 1.82) is 0 Å². The van der Waals surface area contributed by atoms with Crippen LogP contribution in [0.4, 0.5) is 0 Å². The van der Waals surface area contributed by atoms with Gasteiger partial charge in [0.25, 0.3) is 0 Å². The first-order valence-corrected chi connectivity index (χ1v) is 10.7. The highest BCUT2D eigenvalue weighted by atomic mass is 127. The predicted molar refractivity (Wildman–Crippen MR) is 77.5 cm³/mol. The molecular formula is C7H15ClI2OS. The third-order valence-corrected chi connectivity index (χ3v) is 5.97. The third-order valence-electron chi connectivity index (χ3n) is 1.55. The molecule has 0 saturated heterocycles. The van der Waals surface area contributed by atoms with E-state index in [9.17, 15) is 5.11 Å². The van der Waals surface area contributed by atoms with Gasteiger partial charge < -0.3 is 5.11 Å². The number of hydrogen-bond acceptors (Lipinski definition) is 1. The SMILES string of the molecule is CS(C)(I)CC(CO)(CCl)CI. The topological polar surface area (TPSA) is 20.2 Å². The summed E-state index contributed by atoms with van der Waals surface area (Å²) >= 11 is 10.7. The smallest absolute Gasteiger partial charge is 0.0513 e. The Labute approximate surface area is 107 Å². The summed E-state index contributed by atoms with van der Waals surface area (Å²) < 4.78 is 0.935. The van der Waals surface area contributed by atoms with E-state index in [0.717, 1.165) is 10.2 Å². The van der Waals surface area contributed by atoms with Crippen LogP contribution < -0.4 is 0 Å². The lowest BCUT2D eigenvalue weighted by molar-refractivity contribution is 0.189. The number of aliphatic hydroxyl groups excluding tert-OH is 1. The molecular weight excluding hydrogens is 421 g/mol. The van der Waals surface area contributed by atoms with Gasteiger partial charge in [0.15, 0.2) is 0 Å². The number of hydrogen-bond donors (Lipinski definition) is 1. The molecule has 5 heteroatoms. The fourth-order valence-corrected chi connectivity index (χ4v) is 6.56. The van der Waals surface area contributed by atoms with Gasteiger partial charge in [-0.3, -0.25) is 0 Å². The Morgan fingerprint density at radius 2 is 2.00 bits per heavy atom. The Morgan fingerprint density at radius 1 is 1.50 bits per heavy atom. The fraction of sp³-hybridized carbons (Fsp3) is 1.00. The van der Waals surface area contributed by atoms with Crippen LogP contribution >= 0.6 is 62.6 Å². The van der Waals surface area contributed by atoms with Crippen LogP contribution in [-0.2, 0) is 0 Å². The van der Waals surface area contributed by atoms with Crippen molar-refractivity contribution < 1.29 is 5.11 Å². The molecule has 0 spiro atoms. The van der Waals surface area contributed by atoms with Gasteiger partial charge in [0.2, 0.25) is 0 Å². The lowest BCUT2D eigenvalue weighted by Crippen LogP contribution is -2.34. The van der Waals surface area contributed by atoms with Crippen LogP contribution in [0, 0.1) is 5.41 Å². The first-order valence-electron chi connectivity index (χ1n) is 3.52. The molecule has 0 aromatic rings. The van der Waals surface area contributed by atoms with Crippen molar-refractivity contribution in [2.24, 2.45) is 5.41 Å². The second kappa shape index (κ2) is 5.82. The van der Waals surface area contributed by atoms with Gasteiger partial charge in [-0.1, -0.05) is 22.6 Å². The van der Waals surface area contributed by atoms with E-state index < -0.39 is 7.20 Å². The minimum atomic E-state index is -0.597. The third kappa shape index (κ3) is 5.07. The molecule has 0 aliphatic carbocycles. The van der Waals surface area contributed by atoms with Crippen LogP contribution in [0.3, 0.4) is 0 Å². The average Bonchev–Trinajstić information content (AvgIpc) is 1.99. The van der Waals surface area contributed by atoms with Gasteiger partial charge in [-0.05, 0) is 39.5 Å². The van der Waals surface area contributed by atoms with Gasteiger partial charge in [-0.25, -0.2) is 0 Å². The van der Waals surface area contributed by atoms with Crippen LogP contribution in [0.1, 0.15) is 0 Å². The first-order chi connectivity index (χ1) is 5.39. The Morgan fingerprint density at radius 3 is 2.08 bits per heavy atom. The maximum atomic E-state index is 9.26. The Bertz CT molecular complexity index is 126. The molecule has 76 valence electrons. The molecule has 0 saturated carbocycles. The molecule has 0 aromatic heterocycles. The number of alkyl halides is 2. The highest BCUT2D eigenvalue weighted by Crippen LogP contribution is 2.53. The molecule has 0 heterocycles. The van der Waals surface area contributed by atoms with Gasteiger partial charge in [-0.15, -0.1) is 11.6 Å². The molecule has 1 nitrogen and oxygen atoms in total. The highest BCUT2D eigenvalue weighted by Gasteiger charge is 2.31. The van der Waals surface area contributed by atoms with Crippen LogP contribution in [-0.4, -0.2) is 40.3 Å².